The van der Waals surface area contributed by atoms with Gasteiger partial charge < -0.3 is 10.1 Å². The van der Waals surface area contributed by atoms with Crippen LogP contribution in [0.1, 0.15) is 43.6 Å². The van der Waals surface area contributed by atoms with Crippen molar-refractivity contribution in [3.8, 4) is 6.07 Å². The average molecular weight is 288 g/mol. The van der Waals surface area contributed by atoms with Crippen molar-refractivity contribution < 1.29 is 14.3 Å². The molecule has 112 valence electrons. The highest BCUT2D eigenvalue weighted by atomic mass is 16.6. The molecule has 0 heterocycles. The van der Waals surface area contributed by atoms with Gasteiger partial charge in [0, 0.05) is 12.0 Å². The Morgan fingerprint density at radius 3 is 2.29 bits per heavy atom. The number of hydrogen-bond acceptors (Lipinski definition) is 4. The fraction of sp³-hybridized carbons (Fsp3) is 0.438. The Labute approximate surface area is 124 Å². The van der Waals surface area contributed by atoms with Crippen molar-refractivity contribution in [3.05, 3.63) is 35.4 Å². The number of rotatable bonds is 4. The Morgan fingerprint density at radius 2 is 1.86 bits per heavy atom. The van der Waals surface area contributed by atoms with Crippen molar-refractivity contribution in [2.45, 2.75) is 45.8 Å². The van der Waals surface area contributed by atoms with Gasteiger partial charge in [-0.1, -0.05) is 24.3 Å². The van der Waals surface area contributed by atoms with Crippen molar-refractivity contribution in [2.75, 3.05) is 0 Å². The Morgan fingerprint density at radius 1 is 1.29 bits per heavy atom. The highest BCUT2D eigenvalue weighted by Crippen LogP contribution is 2.09. The fourth-order valence-electron chi connectivity index (χ4n) is 1.69. The van der Waals surface area contributed by atoms with E-state index in [2.05, 4.69) is 5.32 Å². The Kier molecular flexibility index (Phi) is 5.48. The summed E-state index contributed by atoms with van der Waals surface area (Å²) in [5.74, 6) is -0.00902. The van der Waals surface area contributed by atoms with Gasteiger partial charge in [-0.2, -0.15) is 5.26 Å². The van der Waals surface area contributed by atoms with Crippen LogP contribution in [0.5, 0.6) is 0 Å². The summed E-state index contributed by atoms with van der Waals surface area (Å²) in [6, 6.07) is 8.32. The molecule has 1 atom stereocenters. The molecule has 0 radical (unpaired) electrons. The zero-order valence-corrected chi connectivity index (χ0v) is 12.8. The molecule has 0 saturated carbocycles. The summed E-state index contributed by atoms with van der Waals surface area (Å²) in [4.78, 5) is 22.8. The first-order chi connectivity index (χ1) is 9.71. The third-order valence-electron chi connectivity index (χ3n) is 2.65. The molecule has 5 nitrogen and oxygen atoms in total. The van der Waals surface area contributed by atoms with Gasteiger partial charge in [0.1, 0.15) is 11.6 Å². The SMILES string of the molecule is CC(=O)c1ccc(CC(C#N)NC(=O)OC(C)(C)C)cc1. The van der Waals surface area contributed by atoms with Crippen molar-refractivity contribution in [2.24, 2.45) is 0 Å². The first-order valence-electron chi connectivity index (χ1n) is 6.70. The smallest absolute Gasteiger partial charge is 0.408 e. The Bertz CT molecular complexity index is 550. The number of benzene rings is 1. The molecule has 0 aliphatic carbocycles. The van der Waals surface area contributed by atoms with Crippen LogP contribution in [0.15, 0.2) is 24.3 Å². The van der Waals surface area contributed by atoms with Crippen LogP contribution >= 0.6 is 0 Å². The summed E-state index contributed by atoms with van der Waals surface area (Å²) >= 11 is 0. The average Bonchev–Trinajstić information content (AvgIpc) is 2.36. The predicted molar refractivity (Wildman–Crippen MR) is 78.9 cm³/mol. The molecule has 0 fully saturated rings. The number of alkyl carbamates (subject to hydrolysis) is 1. The zero-order chi connectivity index (χ0) is 16.0. The van der Waals surface area contributed by atoms with Crippen molar-refractivity contribution in [3.63, 3.8) is 0 Å². The van der Waals surface area contributed by atoms with Crippen LogP contribution in [0.3, 0.4) is 0 Å². The molecule has 1 N–H and O–H groups in total. The lowest BCUT2D eigenvalue weighted by atomic mass is 10.0. The molecule has 5 heteroatoms. The van der Waals surface area contributed by atoms with Crippen molar-refractivity contribution in [1.29, 1.82) is 5.26 Å². The third kappa shape index (κ3) is 6.09. The highest BCUT2D eigenvalue weighted by molar-refractivity contribution is 5.94. The topological polar surface area (TPSA) is 79.2 Å². The van der Waals surface area contributed by atoms with Crippen LogP contribution < -0.4 is 5.32 Å². The van der Waals surface area contributed by atoms with E-state index in [1.54, 1.807) is 45.0 Å². The summed E-state index contributed by atoms with van der Waals surface area (Å²) in [5.41, 5.74) is 0.878. The number of Topliss-reactive ketones (excluding diaryl/α,β-unsaturated/α-hetero) is 1. The number of amides is 1. The summed E-state index contributed by atoms with van der Waals surface area (Å²) in [7, 11) is 0. The van der Waals surface area contributed by atoms with Gasteiger partial charge in [0.05, 0.1) is 6.07 Å². The fourth-order valence-corrected chi connectivity index (χ4v) is 1.69. The largest absolute Gasteiger partial charge is 0.444 e. The molecule has 0 spiro atoms. The van der Waals surface area contributed by atoms with E-state index < -0.39 is 17.7 Å². The van der Waals surface area contributed by atoms with Crippen LogP contribution in [0.2, 0.25) is 0 Å². The normalized spacial score (nSPS) is 12.1. The molecule has 0 bridgehead atoms. The quantitative estimate of drug-likeness (QED) is 0.864. The first-order valence-corrected chi connectivity index (χ1v) is 6.70. The minimum atomic E-state index is -0.678. The monoisotopic (exact) mass is 288 g/mol. The van der Waals surface area contributed by atoms with E-state index in [1.807, 2.05) is 6.07 Å². The van der Waals surface area contributed by atoms with Gasteiger partial charge in [0.2, 0.25) is 0 Å². The number of ketones is 1. The lowest BCUT2D eigenvalue weighted by Gasteiger charge is -2.21. The molecule has 1 aromatic carbocycles. The lowest BCUT2D eigenvalue weighted by molar-refractivity contribution is 0.0515. The van der Waals surface area contributed by atoms with Crippen LogP contribution in [-0.4, -0.2) is 23.5 Å². The predicted octanol–water partition coefficient (Wildman–Crippen LogP) is 2.85. The zero-order valence-electron chi connectivity index (χ0n) is 12.8. The van der Waals surface area contributed by atoms with Crippen LogP contribution in [0, 0.1) is 11.3 Å². The van der Waals surface area contributed by atoms with Crippen LogP contribution in [0.4, 0.5) is 4.79 Å². The molecule has 0 aliphatic heterocycles. The van der Waals surface area contributed by atoms with Crippen molar-refractivity contribution >= 4 is 11.9 Å². The van der Waals surface area contributed by atoms with Gasteiger partial charge >= 0.3 is 6.09 Å². The maximum Gasteiger partial charge on any atom is 0.408 e. The minimum Gasteiger partial charge on any atom is -0.444 e. The lowest BCUT2D eigenvalue weighted by Crippen LogP contribution is -2.39. The number of carbonyl (C=O) groups excluding carboxylic acids is 2. The van der Waals surface area contributed by atoms with E-state index >= 15 is 0 Å². The summed E-state index contributed by atoms with van der Waals surface area (Å²) in [6.45, 7) is 6.77. The highest BCUT2D eigenvalue weighted by Gasteiger charge is 2.19. The molecule has 21 heavy (non-hydrogen) atoms. The molecule has 1 amide bonds. The van der Waals surface area contributed by atoms with Crippen LogP contribution in [-0.2, 0) is 11.2 Å². The van der Waals surface area contributed by atoms with Gasteiger partial charge in [-0.05, 0) is 33.3 Å². The molecule has 0 aliphatic rings. The summed E-state index contributed by atoms with van der Waals surface area (Å²) in [5, 5.41) is 11.6. The second-order valence-electron chi connectivity index (χ2n) is 5.79. The Balaban J connectivity index is 2.64. The van der Waals surface area contributed by atoms with Gasteiger partial charge in [0.15, 0.2) is 5.78 Å². The van der Waals surface area contributed by atoms with E-state index in [-0.39, 0.29) is 5.78 Å². The number of carbonyl (C=O) groups is 2. The first kappa shape index (κ1) is 16.7. The number of ether oxygens (including phenoxy) is 1. The van der Waals surface area contributed by atoms with Gasteiger partial charge in [-0.15, -0.1) is 0 Å². The van der Waals surface area contributed by atoms with Gasteiger partial charge in [-0.25, -0.2) is 4.79 Å². The standard InChI is InChI=1S/C16H20N2O3/c1-11(19)13-7-5-12(6-8-13)9-14(10-17)18-15(20)21-16(2,3)4/h5-8,14H,9H2,1-4H3,(H,18,20). The number of nitrogens with zero attached hydrogens (tertiary/aromatic N) is 1. The van der Waals surface area contributed by atoms with E-state index in [0.29, 0.717) is 12.0 Å². The Hall–Kier alpha value is -2.35. The summed E-state index contributed by atoms with van der Waals surface area (Å²) in [6.07, 6.45) is -0.261. The second kappa shape index (κ2) is 6.89. The molecule has 0 saturated heterocycles. The number of hydrogen-bond donors (Lipinski definition) is 1. The van der Waals surface area contributed by atoms with E-state index in [9.17, 15) is 9.59 Å². The molecular weight excluding hydrogens is 268 g/mol. The van der Waals surface area contributed by atoms with Crippen LogP contribution in [0.25, 0.3) is 0 Å². The number of nitriles is 1. The number of nitrogens with one attached hydrogen (secondary N) is 1. The second-order valence-corrected chi connectivity index (χ2v) is 5.79. The molecule has 1 unspecified atom stereocenters. The molecule has 1 rings (SSSR count). The maximum atomic E-state index is 11.6. The molecule has 1 aromatic rings. The maximum absolute atomic E-state index is 11.6. The summed E-state index contributed by atoms with van der Waals surface area (Å²) < 4.78 is 5.11. The van der Waals surface area contributed by atoms with Gasteiger partial charge in [-0.3, -0.25) is 4.79 Å². The van der Waals surface area contributed by atoms with E-state index in [4.69, 9.17) is 10.00 Å². The minimum absolute atomic E-state index is 0.00902. The molecular formula is C16H20N2O3. The third-order valence-corrected chi connectivity index (χ3v) is 2.65. The van der Waals surface area contributed by atoms with E-state index in [0.717, 1.165) is 5.56 Å². The molecule has 0 aromatic heterocycles. The van der Waals surface area contributed by atoms with Gasteiger partial charge in [0.25, 0.3) is 0 Å². The van der Waals surface area contributed by atoms with E-state index in [1.165, 1.54) is 6.92 Å². The van der Waals surface area contributed by atoms with Crippen molar-refractivity contribution in [1.82, 2.24) is 5.32 Å².